The fourth-order valence-electron chi connectivity index (χ4n) is 5.75. The second kappa shape index (κ2) is 14.9. The molecule has 0 saturated carbocycles. The average Bonchev–Trinajstić information content (AvgIpc) is 3.46. The molecule has 41 heavy (non-hydrogen) atoms. The second-order valence-electron chi connectivity index (χ2n) is 10.8. The molecule has 3 saturated heterocycles. The molecule has 230 valence electrons. The van der Waals surface area contributed by atoms with Crippen LogP contribution in [0.3, 0.4) is 0 Å². The zero-order chi connectivity index (χ0) is 29.6. The first-order chi connectivity index (χ1) is 19.6. The summed E-state index contributed by atoms with van der Waals surface area (Å²) in [7, 11) is -3.57. The fourth-order valence-corrected chi connectivity index (χ4v) is 7.85. The number of esters is 1. The van der Waals surface area contributed by atoms with E-state index in [1.165, 1.54) is 16.4 Å². The maximum Gasteiger partial charge on any atom is 0.310 e. The first-order valence-electron chi connectivity index (χ1n) is 14.2. The number of rotatable bonds is 11. The highest BCUT2D eigenvalue weighted by atomic mass is 35.5. The highest BCUT2D eigenvalue weighted by Crippen LogP contribution is 2.34. The van der Waals surface area contributed by atoms with Crippen molar-refractivity contribution in [3.05, 3.63) is 27.2 Å². The van der Waals surface area contributed by atoms with Crippen LogP contribution in [-0.4, -0.2) is 123 Å². The van der Waals surface area contributed by atoms with E-state index in [2.05, 4.69) is 4.90 Å². The van der Waals surface area contributed by atoms with E-state index in [0.29, 0.717) is 26.2 Å². The molecule has 0 aromatic heterocycles. The van der Waals surface area contributed by atoms with E-state index in [1.54, 1.807) is 11.8 Å². The van der Waals surface area contributed by atoms with Crippen molar-refractivity contribution in [3.63, 3.8) is 0 Å². The van der Waals surface area contributed by atoms with Crippen LogP contribution in [0.25, 0.3) is 0 Å². The Labute approximate surface area is 257 Å². The van der Waals surface area contributed by atoms with Gasteiger partial charge in [-0.3, -0.25) is 9.59 Å². The van der Waals surface area contributed by atoms with Gasteiger partial charge in [0.05, 0.1) is 39.4 Å². The van der Waals surface area contributed by atoms with Crippen LogP contribution >= 0.6 is 34.8 Å². The minimum Gasteiger partial charge on any atom is -0.482 e. The molecule has 0 bridgehead atoms. The van der Waals surface area contributed by atoms with E-state index >= 15 is 0 Å². The Morgan fingerprint density at radius 2 is 1.63 bits per heavy atom. The lowest BCUT2D eigenvalue weighted by atomic mass is 9.98. The normalized spacial score (nSPS) is 23.1. The molecule has 1 aromatic carbocycles. The van der Waals surface area contributed by atoms with Gasteiger partial charge in [-0.1, -0.05) is 34.8 Å². The van der Waals surface area contributed by atoms with Crippen molar-refractivity contribution in [3.8, 4) is 5.75 Å². The van der Waals surface area contributed by atoms with E-state index < -0.39 is 10.0 Å². The topological polar surface area (TPSA) is 99.7 Å². The number of nitrogens with zero attached hydrogens (tertiary/aromatic N) is 4. The van der Waals surface area contributed by atoms with Gasteiger partial charge in [0.25, 0.3) is 5.91 Å². The van der Waals surface area contributed by atoms with Gasteiger partial charge >= 0.3 is 5.97 Å². The van der Waals surface area contributed by atoms with Gasteiger partial charge in [0, 0.05) is 45.3 Å². The van der Waals surface area contributed by atoms with Crippen molar-refractivity contribution in [2.24, 2.45) is 5.92 Å². The Kier molecular flexibility index (Phi) is 11.8. The molecule has 0 spiro atoms. The lowest BCUT2D eigenvalue weighted by Crippen LogP contribution is -2.60. The third-order valence-corrected chi connectivity index (χ3v) is 10.8. The average molecular weight is 654 g/mol. The molecule has 4 rings (SSSR count). The largest absolute Gasteiger partial charge is 0.482 e. The molecule has 3 aliphatic heterocycles. The lowest BCUT2D eigenvalue weighted by molar-refractivity contribution is -0.149. The number of likely N-dealkylation sites (tertiary alicyclic amines) is 2. The van der Waals surface area contributed by atoms with Crippen molar-refractivity contribution < 1.29 is 27.5 Å². The van der Waals surface area contributed by atoms with Crippen LogP contribution in [0, 0.1) is 5.92 Å². The minimum atomic E-state index is -3.57. The zero-order valence-corrected chi connectivity index (χ0v) is 26.5. The van der Waals surface area contributed by atoms with Crippen molar-refractivity contribution >= 4 is 56.7 Å². The monoisotopic (exact) mass is 652 g/mol. The van der Waals surface area contributed by atoms with Crippen molar-refractivity contribution in [2.45, 2.75) is 38.6 Å². The standard InChI is InChI=1S/C27H39Cl3N4O6S/c1-2-39-27(36)20-6-5-9-32(16-20)12-13-41(37,38)33-10-11-34(21(18-33)17-31-7-3-4-8-31)26(35)19-40-25-15-23(29)22(28)14-24(25)30/h14-15,20-21H,2-13,16-19H2,1H3/t20?,21-/m0/s1. The molecule has 0 aliphatic carbocycles. The molecule has 3 aliphatic rings. The van der Waals surface area contributed by atoms with Gasteiger partial charge in [-0.05, 0) is 58.3 Å². The van der Waals surface area contributed by atoms with Crippen LogP contribution in [0.15, 0.2) is 12.1 Å². The number of ether oxygens (including phenoxy) is 2. The van der Waals surface area contributed by atoms with Crippen LogP contribution in [0.5, 0.6) is 5.75 Å². The zero-order valence-electron chi connectivity index (χ0n) is 23.4. The number of carbonyl (C=O) groups is 2. The molecule has 3 fully saturated rings. The Bertz CT molecular complexity index is 1180. The summed E-state index contributed by atoms with van der Waals surface area (Å²) in [6, 6.07) is 2.63. The van der Waals surface area contributed by atoms with E-state index in [1.807, 2.05) is 4.90 Å². The first kappa shape index (κ1) is 32.6. The number of sulfonamides is 1. The number of halogens is 3. The number of carbonyl (C=O) groups excluding carboxylic acids is 2. The SMILES string of the molecule is CCOC(=O)C1CCCN(CCS(=O)(=O)N2CCN(C(=O)COc3cc(Cl)c(Cl)cc3Cl)[C@@H](CN3CCCC3)C2)C1. The van der Waals surface area contributed by atoms with E-state index in [-0.39, 0.29) is 76.6 Å². The molecular formula is C27H39Cl3N4O6S. The minimum absolute atomic E-state index is 0.0359. The molecule has 3 heterocycles. The van der Waals surface area contributed by atoms with Gasteiger partial charge in [-0.15, -0.1) is 0 Å². The number of amides is 1. The molecular weight excluding hydrogens is 615 g/mol. The smallest absolute Gasteiger partial charge is 0.310 e. The summed E-state index contributed by atoms with van der Waals surface area (Å²) < 4.78 is 39.3. The van der Waals surface area contributed by atoms with Gasteiger partial charge < -0.3 is 24.2 Å². The predicted octanol–water partition coefficient (Wildman–Crippen LogP) is 3.24. The fraction of sp³-hybridized carbons (Fsp3) is 0.704. The highest BCUT2D eigenvalue weighted by Gasteiger charge is 2.37. The number of piperazine rings is 1. The van der Waals surface area contributed by atoms with Crippen molar-refractivity contribution in [2.75, 3.05) is 77.9 Å². The molecule has 0 N–H and O–H groups in total. The molecule has 1 unspecified atom stereocenters. The summed E-state index contributed by atoms with van der Waals surface area (Å²) in [5, 5.41) is 0.807. The van der Waals surface area contributed by atoms with Gasteiger partial charge in [-0.2, -0.15) is 4.31 Å². The van der Waals surface area contributed by atoms with Crippen LogP contribution in [0.4, 0.5) is 0 Å². The van der Waals surface area contributed by atoms with Crippen molar-refractivity contribution in [1.82, 2.24) is 19.0 Å². The molecule has 14 heteroatoms. The second-order valence-corrected chi connectivity index (χ2v) is 14.1. The molecule has 1 amide bonds. The molecule has 2 atom stereocenters. The maximum atomic E-state index is 13.4. The van der Waals surface area contributed by atoms with E-state index in [4.69, 9.17) is 44.3 Å². The number of piperidine rings is 1. The summed E-state index contributed by atoms with van der Waals surface area (Å²) in [5.74, 6) is -0.449. The summed E-state index contributed by atoms with van der Waals surface area (Å²) in [6.07, 6.45) is 3.77. The first-order valence-corrected chi connectivity index (χ1v) is 17.0. The summed E-state index contributed by atoms with van der Waals surface area (Å²) in [6.45, 7) is 6.65. The Morgan fingerprint density at radius 1 is 0.927 bits per heavy atom. The third-order valence-electron chi connectivity index (χ3n) is 7.94. The van der Waals surface area contributed by atoms with Crippen LogP contribution in [0.2, 0.25) is 15.1 Å². The van der Waals surface area contributed by atoms with E-state index in [0.717, 1.165) is 45.3 Å². The molecule has 0 radical (unpaired) electrons. The van der Waals surface area contributed by atoms with Gasteiger partial charge in [0.15, 0.2) is 6.61 Å². The predicted molar refractivity (Wildman–Crippen MR) is 159 cm³/mol. The van der Waals surface area contributed by atoms with E-state index in [9.17, 15) is 18.0 Å². The summed E-state index contributed by atoms with van der Waals surface area (Å²) in [5.41, 5.74) is 0. The lowest BCUT2D eigenvalue weighted by Gasteiger charge is -2.42. The summed E-state index contributed by atoms with van der Waals surface area (Å²) in [4.78, 5) is 31.5. The number of hydrogen-bond acceptors (Lipinski definition) is 8. The quantitative estimate of drug-likeness (QED) is 0.265. The van der Waals surface area contributed by atoms with Gasteiger partial charge in [-0.25, -0.2) is 8.42 Å². The Hall–Kier alpha value is -1.34. The van der Waals surface area contributed by atoms with Gasteiger partial charge in [0.1, 0.15) is 5.75 Å². The number of hydrogen-bond donors (Lipinski definition) is 0. The Morgan fingerprint density at radius 3 is 2.37 bits per heavy atom. The maximum absolute atomic E-state index is 13.4. The molecule has 10 nitrogen and oxygen atoms in total. The van der Waals surface area contributed by atoms with Gasteiger partial charge in [0.2, 0.25) is 10.0 Å². The highest BCUT2D eigenvalue weighted by molar-refractivity contribution is 7.89. The van der Waals surface area contributed by atoms with Crippen molar-refractivity contribution in [1.29, 1.82) is 0 Å². The third kappa shape index (κ3) is 8.84. The van der Waals surface area contributed by atoms with Crippen LogP contribution < -0.4 is 4.74 Å². The number of benzene rings is 1. The van der Waals surface area contributed by atoms with Crippen LogP contribution in [0.1, 0.15) is 32.6 Å². The summed E-state index contributed by atoms with van der Waals surface area (Å²) >= 11 is 18.3. The van der Waals surface area contributed by atoms with Crippen LogP contribution in [-0.2, 0) is 24.3 Å². The Balaban J connectivity index is 1.37. The molecule has 1 aromatic rings.